The van der Waals surface area contributed by atoms with Crippen LogP contribution in [0.4, 0.5) is 0 Å². The van der Waals surface area contributed by atoms with Crippen LogP contribution in [-0.2, 0) is 24.2 Å². The van der Waals surface area contributed by atoms with E-state index in [1.54, 1.807) is 0 Å². The van der Waals surface area contributed by atoms with Gasteiger partial charge in [0.15, 0.2) is 0 Å². The van der Waals surface area contributed by atoms with Gasteiger partial charge in [0.05, 0.1) is 0 Å². The summed E-state index contributed by atoms with van der Waals surface area (Å²) in [5, 5.41) is 0. The van der Waals surface area contributed by atoms with Gasteiger partial charge in [0.2, 0.25) is 5.91 Å². The predicted molar refractivity (Wildman–Crippen MR) is 79.4 cm³/mol. The van der Waals surface area contributed by atoms with Crippen LogP contribution < -0.4 is 0 Å². The molecule has 0 saturated heterocycles. The summed E-state index contributed by atoms with van der Waals surface area (Å²) in [6, 6.07) is 10.5. The third-order valence-corrected chi connectivity index (χ3v) is 4.02. The lowest BCUT2D eigenvalue weighted by atomic mass is 10.1. The molecule has 104 valence electrons. The second kappa shape index (κ2) is 5.53. The first-order valence-electron chi connectivity index (χ1n) is 7.21. The highest BCUT2D eigenvalue weighted by Gasteiger charge is 2.20. The van der Waals surface area contributed by atoms with E-state index < -0.39 is 0 Å². The Morgan fingerprint density at radius 3 is 2.85 bits per heavy atom. The van der Waals surface area contributed by atoms with Crippen molar-refractivity contribution in [3.63, 3.8) is 0 Å². The molecule has 1 N–H and O–H groups in total. The zero-order chi connectivity index (χ0) is 13.9. The van der Waals surface area contributed by atoms with Gasteiger partial charge in [0, 0.05) is 37.8 Å². The minimum absolute atomic E-state index is 0.262. The van der Waals surface area contributed by atoms with E-state index in [1.165, 1.54) is 22.4 Å². The average molecular weight is 268 g/mol. The number of aromatic nitrogens is 1. The SMILES string of the molecule is Cc1ccc(CCC(=O)N2CCc3[nH]ccc3C2)cc1. The van der Waals surface area contributed by atoms with Gasteiger partial charge in [-0.25, -0.2) is 0 Å². The van der Waals surface area contributed by atoms with Crippen LogP contribution in [0.2, 0.25) is 0 Å². The van der Waals surface area contributed by atoms with Gasteiger partial charge in [0.1, 0.15) is 0 Å². The molecule has 20 heavy (non-hydrogen) atoms. The first kappa shape index (κ1) is 13.0. The highest BCUT2D eigenvalue weighted by atomic mass is 16.2. The molecule has 3 rings (SSSR count). The van der Waals surface area contributed by atoms with E-state index in [9.17, 15) is 4.79 Å². The predicted octanol–water partition coefficient (Wildman–Crippen LogP) is 2.84. The summed E-state index contributed by atoms with van der Waals surface area (Å²) in [6.07, 6.45) is 4.34. The number of amides is 1. The average Bonchev–Trinajstić information content (AvgIpc) is 2.93. The van der Waals surface area contributed by atoms with Gasteiger partial charge in [-0.2, -0.15) is 0 Å². The van der Waals surface area contributed by atoms with Crippen molar-refractivity contribution in [2.24, 2.45) is 0 Å². The maximum atomic E-state index is 12.3. The smallest absolute Gasteiger partial charge is 0.223 e. The zero-order valence-electron chi connectivity index (χ0n) is 11.9. The lowest BCUT2D eigenvalue weighted by molar-refractivity contribution is -0.132. The Balaban J connectivity index is 1.56. The molecule has 0 bridgehead atoms. The van der Waals surface area contributed by atoms with Crippen LogP contribution in [0.1, 0.15) is 28.8 Å². The number of benzene rings is 1. The minimum atomic E-state index is 0.262. The molecule has 2 heterocycles. The number of nitrogens with zero attached hydrogens (tertiary/aromatic N) is 1. The Hall–Kier alpha value is -2.03. The summed E-state index contributed by atoms with van der Waals surface area (Å²) in [5.41, 5.74) is 5.05. The molecule has 2 aromatic rings. The number of fused-ring (bicyclic) bond motifs is 1. The zero-order valence-corrected chi connectivity index (χ0v) is 11.9. The van der Waals surface area contributed by atoms with Crippen LogP contribution in [0.15, 0.2) is 36.5 Å². The van der Waals surface area contributed by atoms with E-state index in [4.69, 9.17) is 0 Å². The number of hydrogen-bond acceptors (Lipinski definition) is 1. The van der Waals surface area contributed by atoms with E-state index >= 15 is 0 Å². The van der Waals surface area contributed by atoms with Crippen LogP contribution in [0.5, 0.6) is 0 Å². The Kier molecular flexibility index (Phi) is 3.59. The summed E-state index contributed by atoms with van der Waals surface area (Å²) >= 11 is 0. The van der Waals surface area contributed by atoms with Crippen molar-refractivity contribution in [1.29, 1.82) is 0 Å². The van der Waals surface area contributed by atoms with Crippen LogP contribution in [0, 0.1) is 6.92 Å². The van der Waals surface area contributed by atoms with E-state index in [-0.39, 0.29) is 5.91 Å². The summed E-state index contributed by atoms with van der Waals surface area (Å²) in [4.78, 5) is 17.5. The Morgan fingerprint density at radius 2 is 2.05 bits per heavy atom. The first-order valence-corrected chi connectivity index (χ1v) is 7.21. The molecular weight excluding hydrogens is 248 g/mol. The molecule has 0 radical (unpaired) electrons. The van der Waals surface area contributed by atoms with E-state index in [1.807, 2.05) is 11.1 Å². The first-order chi connectivity index (χ1) is 9.72. The summed E-state index contributed by atoms with van der Waals surface area (Å²) in [6.45, 7) is 3.67. The normalized spacial score (nSPS) is 14.2. The van der Waals surface area contributed by atoms with Crippen molar-refractivity contribution in [3.05, 3.63) is 58.9 Å². The molecule has 1 amide bonds. The number of rotatable bonds is 3. The van der Waals surface area contributed by atoms with Crippen molar-refractivity contribution in [2.75, 3.05) is 6.54 Å². The van der Waals surface area contributed by atoms with Crippen molar-refractivity contribution < 1.29 is 4.79 Å². The van der Waals surface area contributed by atoms with Gasteiger partial charge in [-0.3, -0.25) is 4.79 Å². The molecule has 0 aliphatic carbocycles. The van der Waals surface area contributed by atoms with Gasteiger partial charge in [-0.15, -0.1) is 0 Å². The third-order valence-electron chi connectivity index (χ3n) is 4.02. The molecular formula is C17H20N2O. The van der Waals surface area contributed by atoms with Gasteiger partial charge in [-0.1, -0.05) is 29.8 Å². The fraction of sp³-hybridized carbons (Fsp3) is 0.353. The second-order valence-corrected chi connectivity index (χ2v) is 5.53. The van der Waals surface area contributed by atoms with E-state index in [2.05, 4.69) is 42.2 Å². The van der Waals surface area contributed by atoms with Gasteiger partial charge in [0.25, 0.3) is 0 Å². The van der Waals surface area contributed by atoms with Gasteiger partial charge >= 0.3 is 0 Å². The molecule has 0 spiro atoms. The van der Waals surface area contributed by atoms with Gasteiger partial charge in [-0.05, 0) is 30.5 Å². The molecule has 0 fully saturated rings. The van der Waals surface area contributed by atoms with Crippen LogP contribution in [0.25, 0.3) is 0 Å². The topological polar surface area (TPSA) is 36.1 Å². The second-order valence-electron chi connectivity index (χ2n) is 5.53. The van der Waals surface area contributed by atoms with Gasteiger partial charge < -0.3 is 9.88 Å². The van der Waals surface area contributed by atoms with Crippen molar-refractivity contribution in [1.82, 2.24) is 9.88 Å². The lowest BCUT2D eigenvalue weighted by Gasteiger charge is -2.27. The highest BCUT2D eigenvalue weighted by molar-refractivity contribution is 5.76. The van der Waals surface area contributed by atoms with Crippen LogP contribution >= 0.6 is 0 Å². The number of nitrogens with one attached hydrogen (secondary N) is 1. The molecule has 0 atom stereocenters. The molecule has 1 aromatic heterocycles. The standard InChI is InChI=1S/C17H20N2O/c1-13-2-4-14(5-3-13)6-7-17(20)19-11-9-16-15(12-19)8-10-18-16/h2-5,8,10,18H,6-7,9,11-12H2,1H3. The molecule has 1 aliphatic rings. The Morgan fingerprint density at radius 1 is 1.25 bits per heavy atom. The fourth-order valence-electron chi connectivity index (χ4n) is 2.73. The van der Waals surface area contributed by atoms with Crippen molar-refractivity contribution in [2.45, 2.75) is 32.7 Å². The maximum absolute atomic E-state index is 12.3. The number of hydrogen-bond donors (Lipinski definition) is 1. The summed E-state index contributed by atoms with van der Waals surface area (Å²) in [7, 11) is 0. The molecule has 0 unspecified atom stereocenters. The van der Waals surface area contributed by atoms with Crippen LogP contribution in [-0.4, -0.2) is 22.3 Å². The quantitative estimate of drug-likeness (QED) is 0.913. The maximum Gasteiger partial charge on any atom is 0.223 e. The Labute approximate surface area is 119 Å². The number of H-pyrrole nitrogens is 1. The monoisotopic (exact) mass is 268 g/mol. The minimum Gasteiger partial charge on any atom is -0.365 e. The molecule has 3 heteroatoms. The van der Waals surface area contributed by atoms with Crippen molar-refractivity contribution >= 4 is 5.91 Å². The lowest BCUT2D eigenvalue weighted by Crippen LogP contribution is -2.35. The molecule has 1 aliphatic heterocycles. The Bertz CT molecular complexity index is 598. The molecule has 0 saturated carbocycles. The third kappa shape index (κ3) is 2.77. The van der Waals surface area contributed by atoms with E-state index in [0.29, 0.717) is 6.42 Å². The number of aromatic amines is 1. The summed E-state index contributed by atoms with van der Waals surface area (Å²) in [5.74, 6) is 0.262. The van der Waals surface area contributed by atoms with Crippen molar-refractivity contribution in [3.8, 4) is 0 Å². The van der Waals surface area contributed by atoms with Crippen LogP contribution in [0.3, 0.4) is 0 Å². The molecule has 3 nitrogen and oxygen atoms in total. The number of aryl methyl sites for hydroxylation is 2. The number of carbonyl (C=O) groups is 1. The highest BCUT2D eigenvalue weighted by Crippen LogP contribution is 2.18. The largest absolute Gasteiger partial charge is 0.365 e. The van der Waals surface area contributed by atoms with E-state index in [0.717, 1.165) is 25.9 Å². The summed E-state index contributed by atoms with van der Waals surface area (Å²) < 4.78 is 0. The number of carbonyl (C=O) groups excluding carboxylic acids is 1. The fourth-order valence-corrected chi connectivity index (χ4v) is 2.73. The molecule has 1 aromatic carbocycles.